The van der Waals surface area contributed by atoms with Gasteiger partial charge in [0, 0.05) is 32.7 Å². The maximum atomic E-state index is 12.9. The molecule has 2 rings (SSSR count). The largest absolute Gasteiger partial charge is 0.444 e. The molecule has 0 radical (unpaired) electrons. The molecule has 0 aliphatic carbocycles. The number of alkyl carbamates (subject to hydrolysis) is 1. The van der Waals surface area contributed by atoms with E-state index in [1.807, 2.05) is 0 Å². The van der Waals surface area contributed by atoms with Crippen molar-refractivity contribution >= 4 is 12.0 Å². The van der Waals surface area contributed by atoms with E-state index in [0.717, 1.165) is 25.2 Å². The minimum Gasteiger partial charge on any atom is -0.444 e. The summed E-state index contributed by atoms with van der Waals surface area (Å²) >= 11 is 0. The Morgan fingerprint density at radius 3 is 2.28 bits per heavy atom. The standard InChI is InChI=1S/C18H26FN3O3/c1-18(2,3)25-17(24)20-12-16(23)22-10-8-21(9-11-22)13-14-4-6-15(19)7-5-14/h4-7H,8-13H2,1-3H3,(H,20,24). The Bertz CT molecular complexity index is 591. The molecule has 0 spiro atoms. The monoisotopic (exact) mass is 351 g/mol. The molecule has 7 heteroatoms. The smallest absolute Gasteiger partial charge is 0.408 e. The third kappa shape index (κ3) is 6.70. The maximum Gasteiger partial charge on any atom is 0.408 e. The van der Waals surface area contributed by atoms with Crippen LogP contribution in [-0.4, -0.2) is 60.1 Å². The van der Waals surface area contributed by atoms with E-state index in [-0.39, 0.29) is 18.3 Å². The van der Waals surface area contributed by atoms with Gasteiger partial charge in [-0.15, -0.1) is 0 Å². The van der Waals surface area contributed by atoms with Crippen molar-refractivity contribution in [2.24, 2.45) is 0 Å². The van der Waals surface area contributed by atoms with Gasteiger partial charge in [-0.2, -0.15) is 0 Å². The summed E-state index contributed by atoms with van der Waals surface area (Å²) in [6.45, 7) is 8.70. The Balaban J connectivity index is 1.71. The topological polar surface area (TPSA) is 61.9 Å². The van der Waals surface area contributed by atoms with Crippen molar-refractivity contribution in [3.05, 3.63) is 35.6 Å². The van der Waals surface area contributed by atoms with Crippen molar-refractivity contribution in [1.82, 2.24) is 15.1 Å². The maximum absolute atomic E-state index is 12.9. The molecule has 0 atom stereocenters. The molecule has 1 N–H and O–H groups in total. The molecule has 0 saturated carbocycles. The van der Waals surface area contributed by atoms with Gasteiger partial charge < -0.3 is 15.0 Å². The fraction of sp³-hybridized carbons (Fsp3) is 0.556. The van der Waals surface area contributed by atoms with Crippen molar-refractivity contribution in [2.75, 3.05) is 32.7 Å². The Kier molecular flexibility index (Phi) is 6.36. The highest BCUT2D eigenvalue weighted by Gasteiger charge is 2.22. The Labute approximate surface area is 147 Å². The lowest BCUT2D eigenvalue weighted by atomic mass is 10.2. The average molecular weight is 351 g/mol. The summed E-state index contributed by atoms with van der Waals surface area (Å²) in [5.41, 5.74) is 0.465. The van der Waals surface area contributed by atoms with Crippen molar-refractivity contribution in [3.8, 4) is 0 Å². The molecular formula is C18H26FN3O3. The summed E-state index contributed by atoms with van der Waals surface area (Å²) in [5.74, 6) is -0.357. The van der Waals surface area contributed by atoms with Crippen molar-refractivity contribution in [3.63, 3.8) is 0 Å². The van der Waals surface area contributed by atoms with Gasteiger partial charge in [0.2, 0.25) is 5.91 Å². The molecule has 138 valence electrons. The predicted octanol–water partition coefficient (Wildman–Crippen LogP) is 1.99. The molecule has 2 amide bonds. The first-order valence-corrected chi connectivity index (χ1v) is 8.44. The molecule has 1 heterocycles. The van der Waals surface area contributed by atoms with E-state index in [1.54, 1.807) is 37.8 Å². The zero-order chi connectivity index (χ0) is 18.4. The number of hydrogen-bond donors (Lipinski definition) is 1. The first kappa shape index (κ1) is 19.2. The van der Waals surface area contributed by atoms with Crippen LogP contribution < -0.4 is 5.32 Å². The first-order chi connectivity index (χ1) is 11.7. The molecule has 1 saturated heterocycles. The number of halogens is 1. The molecular weight excluding hydrogens is 325 g/mol. The average Bonchev–Trinajstić information content (AvgIpc) is 2.54. The summed E-state index contributed by atoms with van der Waals surface area (Å²) in [7, 11) is 0. The molecule has 1 aliphatic heterocycles. The molecule has 1 fully saturated rings. The fourth-order valence-corrected chi connectivity index (χ4v) is 2.58. The van der Waals surface area contributed by atoms with Gasteiger partial charge in [0.25, 0.3) is 0 Å². The summed E-state index contributed by atoms with van der Waals surface area (Å²) in [6, 6.07) is 6.46. The van der Waals surface area contributed by atoms with Crippen LogP contribution in [0.3, 0.4) is 0 Å². The molecule has 0 aromatic heterocycles. The summed E-state index contributed by atoms with van der Waals surface area (Å²) in [4.78, 5) is 27.7. The highest BCUT2D eigenvalue weighted by molar-refractivity contribution is 5.82. The molecule has 1 aliphatic rings. The zero-order valence-electron chi connectivity index (χ0n) is 15.0. The van der Waals surface area contributed by atoms with E-state index < -0.39 is 11.7 Å². The summed E-state index contributed by atoms with van der Waals surface area (Å²) in [6.07, 6.45) is -0.587. The molecule has 6 nitrogen and oxygen atoms in total. The lowest BCUT2D eigenvalue weighted by molar-refractivity contribution is -0.132. The Hall–Kier alpha value is -2.15. The number of nitrogens with zero attached hydrogens (tertiary/aromatic N) is 2. The Morgan fingerprint density at radius 2 is 1.72 bits per heavy atom. The van der Waals surface area contributed by atoms with Crippen LogP contribution >= 0.6 is 0 Å². The van der Waals surface area contributed by atoms with Crippen LogP contribution in [0, 0.1) is 5.82 Å². The van der Waals surface area contributed by atoms with Crippen LogP contribution in [0.1, 0.15) is 26.3 Å². The number of benzene rings is 1. The fourth-order valence-electron chi connectivity index (χ4n) is 2.58. The minimum absolute atomic E-state index is 0.0626. The third-order valence-electron chi connectivity index (χ3n) is 3.83. The quantitative estimate of drug-likeness (QED) is 0.901. The van der Waals surface area contributed by atoms with Gasteiger partial charge in [0.15, 0.2) is 0 Å². The number of amides is 2. The lowest BCUT2D eigenvalue weighted by Crippen LogP contribution is -2.51. The van der Waals surface area contributed by atoms with Crippen molar-refractivity contribution in [1.29, 1.82) is 0 Å². The molecule has 0 bridgehead atoms. The first-order valence-electron chi connectivity index (χ1n) is 8.44. The predicted molar refractivity (Wildman–Crippen MR) is 92.5 cm³/mol. The van der Waals surface area contributed by atoms with Gasteiger partial charge in [-0.25, -0.2) is 9.18 Å². The second kappa shape index (κ2) is 8.29. The Morgan fingerprint density at radius 1 is 1.12 bits per heavy atom. The van der Waals surface area contributed by atoms with E-state index in [0.29, 0.717) is 13.1 Å². The van der Waals surface area contributed by atoms with Crippen LogP contribution in [-0.2, 0) is 16.1 Å². The van der Waals surface area contributed by atoms with Gasteiger partial charge in [-0.1, -0.05) is 12.1 Å². The van der Waals surface area contributed by atoms with Crippen molar-refractivity contribution < 1.29 is 18.7 Å². The summed E-state index contributed by atoms with van der Waals surface area (Å²) < 4.78 is 18.0. The number of nitrogens with one attached hydrogen (secondary N) is 1. The number of hydrogen-bond acceptors (Lipinski definition) is 4. The van der Waals surface area contributed by atoms with E-state index in [4.69, 9.17) is 4.74 Å². The second-order valence-corrected chi connectivity index (χ2v) is 7.14. The second-order valence-electron chi connectivity index (χ2n) is 7.14. The number of piperazine rings is 1. The molecule has 1 aromatic carbocycles. The highest BCUT2D eigenvalue weighted by Crippen LogP contribution is 2.10. The van der Waals surface area contributed by atoms with Crippen molar-refractivity contribution in [2.45, 2.75) is 32.9 Å². The highest BCUT2D eigenvalue weighted by atomic mass is 19.1. The van der Waals surface area contributed by atoms with E-state index >= 15 is 0 Å². The van der Waals surface area contributed by atoms with E-state index in [9.17, 15) is 14.0 Å². The van der Waals surface area contributed by atoms with E-state index in [2.05, 4.69) is 10.2 Å². The number of ether oxygens (including phenoxy) is 1. The van der Waals surface area contributed by atoms with Crippen LogP contribution in [0.15, 0.2) is 24.3 Å². The van der Waals surface area contributed by atoms with Crippen LogP contribution in [0.2, 0.25) is 0 Å². The summed E-state index contributed by atoms with van der Waals surface area (Å²) in [5, 5.41) is 2.49. The normalized spacial score (nSPS) is 15.8. The van der Waals surface area contributed by atoms with Gasteiger partial charge in [-0.05, 0) is 38.5 Å². The van der Waals surface area contributed by atoms with Gasteiger partial charge in [0.1, 0.15) is 18.0 Å². The SMILES string of the molecule is CC(C)(C)OC(=O)NCC(=O)N1CCN(Cc2ccc(F)cc2)CC1. The van der Waals surface area contributed by atoms with E-state index in [1.165, 1.54) is 12.1 Å². The van der Waals surface area contributed by atoms with Crippen LogP contribution in [0.4, 0.5) is 9.18 Å². The lowest BCUT2D eigenvalue weighted by Gasteiger charge is -2.34. The van der Waals surface area contributed by atoms with Crippen LogP contribution in [0.5, 0.6) is 0 Å². The number of carbonyl (C=O) groups excluding carboxylic acids is 2. The number of carbonyl (C=O) groups is 2. The zero-order valence-corrected chi connectivity index (χ0v) is 15.0. The molecule has 0 unspecified atom stereocenters. The minimum atomic E-state index is -0.587. The van der Waals surface area contributed by atoms with Gasteiger partial charge in [-0.3, -0.25) is 9.69 Å². The van der Waals surface area contributed by atoms with Gasteiger partial charge >= 0.3 is 6.09 Å². The third-order valence-corrected chi connectivity index (χ3v) is 3.83. The van der Waals surface area contributed by atoms with Gasteiger partial charge in [0.05, 0.1) is 0 Å². The number of rotatable bonds is 4. The molecule has 25 heavy (non-hydrogen) atoms. The van der Waals surface area contributed by atoms with Crippen LogP contribution in [0.25, 0.3) is 0 Å². The molecule has 1 aromatic rings.